The molecule has 26 heavy (non-hydrogen) atoms. The van der Waals surface area contributed by atoms with Gasteiger partial charge in [0.15, 0.2) is 5.65 Å². The minimum atomic E-state index is -0.441. The smallest absolute Gasteiger partial charge is 0.486 e. The van der Waals surface area contributed by atoms with Crippen molar-refractivity contribution in [3.05, 3.63) is 48.4 Å². The lowest BCUT2D eigenvalue weighted by molar-refractivity contribution is 0.00578. The van der Waals surface area contributed by atoms with E-state index in [1.165, 1.54) is 0 Å². The average molecular weight is 351 g/mol. The Hall–Kier alpha value is -2.38. The molecule has 1 N–H and O–H groups in total. The summed E-state index contributed by atoms with van der Waals surface area (Å²) in [6.45, 7) is 8.50. The maximum absolute atomic E-state index is 6.09. The van der Waals surface area contributed by atoms with Gasteiger partial charge in [0.25, 0.3) is 0 Å². The minimum Gasteiger partial charge on any atom is -0.486 e. The molecule has 0 aliphatic carbocycles. The number of hydrogen-bond acceptors (Lipinski definition) is 5. The summed E-state index contributed by atoms with van der Waals surface area (Å²) in [5, 5.41) is 0. The Morgan fingerprint density at radius 3 is 2.46 bits per heavy atom. The molecule has 6 nitrogen and oxygen atoms in total. The SMILES string of the molecule is CC1(C)OB(c2cnc3nc(COc4ccccc4)[nH]c3c2)OC1(C)C. The zero-order valence-electron chi connectivity index (χ0n) is 15.4. The maximum Gasteiger partial charge on any atom is 0.496 e. The third-order valence-electron chi connectivity index (χ3n) is 5.05. The fourth-order valence-electron chi connectivity index (χ4n) is 2.81. The molecular formula is C19H22BN3O3. The van der Waals surface area contributed by atoms with Gasteiger partial charge in [0.05, 0.1) is 16.7 Å². The van der Waals surface area contributed by atoms with Gasteiger partial charge in [-0.25, -0.2) is 9.97 Å². The molecule has 1 aliphatic heterocycles. The Kier molecular flexibility index (Phi) is 4.01. The first-order valence-corrected chi connectivity index (χ1v) is 8.72. The number of imidazole rings is 1. The molecule has 0 unspecified atom stereocenters. The van der Waals surface area contributed by atoms with E-state index in [-0.39, 0.29) is 11.2 Å². The number of nitrogens with one attached hydrogen (secondary N) is 1. The van der Waals surface area contributed by atoms with E-state index in [4.69, 9.17) is 14.0 Å². The van der Waals surface area contributed by atoms with E-state index >= 15 is 0 Å². The van der Waals surface area contributed by atoms with Gasteiger partial charge in [-0.05, 0) is 45.9 Å². The van der Waals surface area contributed by atoms with Gasteiger partial charge in [-0.3, -0.25) is 0 Å². The Morgan fingerprint density at radius 2 is 1.77 bits per heavy atom. The van der Waals surface area contributed by atoms with E-state index in [0.29, 0.717) is 12.3 Å². The number of rotatable bonds is 4. The predicted molar refractivity (Wildman–Crippen MR) is 100 cm³/mol. The number of H-pyrrole nitrogens is 1. The van der Waals surface area contributed by atoms with Gasteiger partial charge in [-0.15, -0.1) is 0 Å². The highest BCUT2D eigenvalue weighted by Crippen LogP contribution is 2.36. The van der Waals surface area contributed by atoms with Crippen molar-refractivity contribution in [1.29, 1.82) is 0 Å². The van der Waals surface area contributed by atoms with Crippen molar-refractivity contribution in [2.75, 3.05) is 0 Å². The van der Waals surface area contributed by atoms with Crippen LogP contribution in [-0.2, 0) is 15.9 Å². The number of hydrogen-bond donors (Lipinski definition) is 1. The number of nitrogens with zero attached hydrogens (tertiary/aromatic N) is 2. The van der Waals surface area contributed by atoms with Crippen LogP contribution in [0.3, 0.4) is 0 Å². The number of fused-ring (bicyclic) bond motifs is 1. The molecule has 1 fully saturated rings. The van der Waals surface area contributed by atoms with Crippen LogP contribution in [0.15, 0.2) is 42.6 Å². The van der Waals surface area contributed by atoms with Crippen molar-refractivity contribution in [2.24, 2.45) is 0 Å². The standard InChI is InChI=1S/C19H22BN3O3/c1-18(2)19(3,4)26-20(25-18)13-10-15-17(21-11-13)23-16(22-15)12-24-14-8-6-5-7-9-14/h5-11H,12H2,1-4H3,(H,21,22,23). The Labute approximate surface area is 153 Å². The maximum atomic E-state index is 6.09. The van der Waals surface area contributed by atoms with Gasteiger partial charge in [-0.1, -0.05) is 18.2 Å². The number of benzene rings is 1. The third kappa shape index (κ3) is 3.08. The molecular weight excluding hydrogens is 329 g/mol. The molecule has 1 aliphatic rings. The highest BCUT2D eigenvalue weighted by atomic mass is 16.7. The quantitative estimate of drug-likeness (QED) is 0.732. The van der Waals surface area contributed by atoms with E-state index in [1.807, 2.05) is 64.1 Å². The number of pyridine rings is 1. The van der Waals surface area contributed by atoms with Crippen molar-refractivity contribution in [3.63, 3.8) is 0 Å². The van der Waals surface area contributed by atoms with Crippen LogP contribution in [0.25, 0.3) is 11.2 Å². The monoisotopic (exact) mass is 351 g/mol. The van der Waals surface area contributed by atoms with E-state index in [2.05, 4.69) is 15.0 Å². The van der Waals surface area contributed by atoms with Gasteiger partial charge < -0.3 is 19.0 Å². The van der Waals surface area contributed by atoms with Crippen molar-refractivity contribution in [2.45, 2.75) is 45.5 Å². The normalized spacial score (nSPS) is 18.4. The number of aromatic nitrogens is 3. The number of aromatic amines is 1. The van der Waals surface area contributed by atoms with Gasteiger partial charge in [0.2, 0.25) is 0 Å². The lowest BCUT2D eigenvalue weighted by Gasteiger charge is -2.32. The van der Waals surface area contributed by atoms with Gasteiger partial charge in [-0.2, -0.15) is 0 Å². The van der Waals surface area contributed by atoms with Crippen molar-refractivity contribution >= 4 is 23.7 Å². The summed E-state index contributed by atoms with van der Waals surface area (Å²) in [6.07, 6.45) is 1.76. The van der Waals surface area contributed by atoms with Crippen LogP contribution >= 0.6 is 0 Å². The molecule has 7 heteroatoms. The van der Waals surface area contributed by atoms with Gasteiger partial charge in [0.1, 0.15) is 18.2 Å². The molecule has 4 rings (SSSR count). The van der Waals surface area contributed by atoms with Crippen LogP contribution in [0.4, 0.5) is 0 Å². The Balaban J connectivity index is 1.53. The highest BCUT2D eigenvalue weighted by molar-refractivity contribution is 6.62. The summed E-state index contributed by atoms with van der Waals surface area (Å²) in [5.41, 5.74) is 1.60. The summed E-state index contributed by atoms with van der Waals surface area (Å²) >= 11 is 0. The summed E-state index contributed by atoms with van der Waals surface area (Å²) < 4.78 is 17.9. The second-order valence-electron chi connectivity index (χ2n) is 7.51. The minimum absolute atomic E-state index is 0.353. The van der Waals surface area contributed by atoms with E-state index in [1.54, 1.807) is 6.20 Å². The van der Waals surface area contributed by atoms with Gasteiger partial charge >= 0.3 is 7.12 Å². The van der Waals surface area contributed by atoms with Crippen LogP contribution < -0.4 is 10.2 Å². The molecule has 1 aromatic carbocycles. The molecule has 0 bridgehead atoms. The first kappa shape index (κ1) is 17.1. The summed E-state index contributed by atoms with van der Waals surface area (Å²) in [4.78, 5) is 12.2. The molecule has 0 amide bonds. The molecule has 3 heterocycles. The van der Waals surface area contributed by atoms with Gasteiger partial charge in [0, 0.05) is 11.7 Å². The zero-order chi connectivity index (χ0) is 18.4. The van der Waals surface area contributed by atoms with E-state index in [0.717, 1.165) is 22.6 Å². The van der Waals surface area contributed by atoms with E-state index < -0.39 is 7.12 Å². The third-order valence-corrected chi connectivity index (χ3v) is 5.05. The lowest BCUT2D eigenvalue weighted by atomic mass is 9.80. The molecule has 2 aromatic heterocycles. The molecule has 1 saturated heterocycles. The lowest BCUT2D eigenvalue weighted by Crippen LogP contribution is -2.41. The Bertz CT molecular complexity index is 908. The second kappa shape index (κ2) is 6.11. The number of ether oxygens (including phenoxy) is 1. The molecule has 0 radical (unpaired) electrons. The van der Waals surface area contributed by atoms with E-state index in [9.17, 15) is 0 Å². The molecule has 134 valence electrons. The fraction of sp³-hybridized carbons (Fsp3) is 0.368. The second-order valence-corrected chi connectivity index (χ2v) is 7.51. The Morgan fingerprint density at radius 1 is 1.08 bits per heavy atom. The van der Waals surface area contributed by atoms with Crippen molar-refractivity contribution in [1.82, 2.24) is 15.0 Å². The first-order valence-electron chi connectivity index (χ1n) is 8.72. The van der Waals surface area contributed by atoms with Crippen LogP contribution in [0.1, 0.15) is 33.5 Å². The van der Waals surface area contributed by atoms with Crippen molar-refractivity contribution < 1.29 is 14.0 Å². The first-order chi connectivity index (χ1) is 12.3. The zero-order valence-corrected chi connectivity index (χ0v) is 15.4. The number of para-hydroxylation sites is 1. The summed E-state index contributed by atoms with van der Waals surface area (Å²) in [6, 6.07) is 11.6. The molecule has 0 atom stereocenters. The molecule has 0 saturated carbocycles. The topological polar surface area (TPSA) is 69.3 Å². The highest BCUT2D eigenvalue weighted by Gasteiger charge is 2.51. The molecule has 0 spiro atoms. The largest absolute Gasteiger partial charge is 0.496 e. The predicted octanol–water partition coefficient (Wildman–Crippen LogP) is 2.84. The summed E-state index contributed by atoms with van der Waals surface area (Å²) in [5.74, 6) is 1.53. The average Bonchev–Trinajstić information content (AvgIpc) is 3.10. The fourth-order valence-corrected chi connectivity index (χ4v) is 2.81. The van der Waals surface area contributed by atoms with Crippen molar-refractivity contribution in [3.8, 4) is 5.75 Å². The van der Waals surface area contributed by atoms with Crippen LogP contribution in [0.2, 0.25) is 0 Å². The van der Waals surface area contributed by atoms with Crippen LogP contribution in [-0.4, -0.2) is 33.3 Å². The summed E-state index contributed by atoms with van der Waals surface area (Å²) in [7, 11) is -0.441. The van der Waals surface area contributed by atoms with Crippen LogP contribution in [0, 0.1) is 0 Å². The van der Waals surface area contributed by atoms with Crippen LogP contribution in [0.5, 0.6) is 5.75 Å². The molecule has 3 aromatic rings.